The Morgan fingerprint density at radius 1 is 1.14 bits per heavy atom. The average Bonchev–Trinajstić information content (AvgIpc) is 2.21. The molecule has 1 aromatic carbocycles. The second-order valence-electron chi connectivity index (χ2n) is 3.23. The van der Waals surface area contributed by atoms with E-state index in [1.54, 1.807) is 0 Å². The fourth-order valence-corrected chi connectivity index (χ4v) is 1.32. The number of aliphatic hydroxyl groups excluding tert-OH is 1. The maximum Gasteiger partial charge on any atom is 0.0431 e. The summed E-state index contributed by atoms with van der Waals surface area (Å²) in [5, 5.41) is 12.6. The van der Waals surface area contributed by atoms with Crippen LogP contribution in [0, 0.1) is 0 Å². The Bertz CT molecular complexity index is 248. The number of hydrogen-bond donors (Lipinski definition) is 2. The van der Waals surface area contributed by atoms with E-state index in [0.717, 1.165) is 31.0 Å². The van der Waals surface area contributed by atoms with Gasteiger partial charge < -0.3 is 10.4 Å². The second kappa shape index (κ2) is 6.82. The second-order valence-corrected chi connectivity index (χ2v) is 3.67. The predicted molar refractivity (Wildman–Crippen MR) is 59.5 cm³/mol. The lowest BCUT2D eigenvalue weighted by Gasteiger charge is -2.03. The van der Waals surface area contributed by atoms with Crippen LogP contribution in [0.2, 0.25) is 5.02 Å². The number of aliphatic hydroxyl groups is 1. The summed E-state index contributed by atoms with van der Waals surface area (Å²) in [7, 11) is 0. The number of rotatable bonds is 6. The van der Waals surface area contributed by atoms with E-state index in [4.69, 9.17) is 16.7 Å². The fourth-order valence-electron chi connectivity index (χ4n) is 1.20. The van der Waals surface area contributed by atoms with E-state index in [0.29, 0.717) is 0 Å². The van der Waals surface area contributed by atoms with E-state index >= 15 is 0 Å². The Kier molecular flexibility index (Phi) is 5.60. The van der Waals surface area contributed by atoms with Crippen molar-refractivity contribution < 1.29 is 5.11 Å². The highest BCUT2D eigenvalue weighted by molar-refractivity contribution is 6.30. The summed E-state index contributed by atoms with van der Waals surface area (Å²) in [5.41, 5.74) is 1.23. The smallest absolute Gasteiger partial charge is 0.0431 e. The first-order valence-electron chi connectivity index (χ1n) is 4.89. The van der Waals surface area contributed by atoms with Crippen LogP contribution in [0.1, 0.15) is 18.4 Å². The maximum atomic E-state index is 8.57. The standard InChI is InChI=1S/C11H16ClNO/c12-11-5-3-10(4-6-11)9-13-7-1-2-8-14/h3-6,13-14H,1-2,7-9H2. The zero-order valence-electron chi connectivity index (χ0n) is 8.17. The summed E-state index contributed by atoms with van der Waals surface area (Å²) < 4.78 is 0. The average molecular weight is 214 g/mol. The van der Waals surface area contributed by atoms with Crippen LogP contribution in [0.3, 0.4) is 0 Å². The molecule has 14 heavy (non-hydrogen) atoms. The maximum absolute atomic E-state index is 8.57. The SMILES string of the molecule is OCCCCNCc1ccc(Cl)cc1. The van der Waals surface area contributed by atoms with E-state index in [2.05, 4.69) is 5.32 Å². The molecule has 0 unspecified atom stereocenters. The Morgan fingerprint density at radius 2 is 1.86 bits per heavy atom. The van der Waals surface area contributed by atoms with Crippen LogP contribution in [-0.2, 0) is 6.54 Å². The summed E-state index contributed by atoms with van der Waals surface area (Å²) in [4.78, 5) is 0. The molecule has 0 spiro atoms. The normalized spacial score (nSPS) is 10.4. The van der Waals surface area contributed by atoms with Crippen molar-refractivity contribution in [3.8, 4) is 0 Å². The number of nitrogens with one attached hydrogen (secondary N) is 1. The molecule has 0 radical (unpaired) electrons. The third-order valence-electron chi connectivity index (χ3n) is 2.00. The van der Waals surface area contributed by atoms with Crippen molar-refractivity contribution in [3.05, 3.63) is 34.9 Å². The molecule has 0 bridgehead atoms. The van der Waals surface area contributed by atoms with Gasteiger partial charge in [0, 0.05) is 18.2 Å². The molecular weight excluding hydrogens is 198 g/mol. The van der Waals surface area contributed by atoms with Crippen molar-refractivity contribution in [3.63, 3.8) is 0 Å². The summed E-state index contributed by atoms with van der Waals surface area (Å²) >= 11 is 5.77. The van der Waals surface area contributed by atoms with Gasteiger partial charge in [0.25, 0.3) is 0 Å². The van der Waals surface area contributed by atoms with Crippen molar-refractivity contribution in [2.24, 2.45) is 0 Å². The Morgan fingerprint density at radius 3 is 2.50 bits per heavy atom. The first-order valence-corrected chi connectivity index (χ1v) is 5.27. The third kappa shape index (κ3) is 4.61. The Hall–Kier alpha value is -0.570. The molecule has 0 heterocycles. The van der Waals surface area contributed by atoms with Gasteiger partial charge in [-0.3, -0.25) is 0 Å². The van der Waals surface area contributed by atoms with Crippen molar-refractivity contribution in [1.82, 2.24) is 5.32 Å². The van der Waals surface area contributed by atoms with Gasteiger partial charge in [0.15, 0.2) is 0 Å². The molecule has 3 heteroatoms. The van der Waals surface area contributed by atoms with E-state index < -0.39 is 0 Å². The van der Waals surface area contributed by atoms with Gasteiger partial charge in [0.1, 0.15) is 0 Å². The van der Waals surface area contributed by atoms with Gasteiger partial charge in [-0.2, -0.15) is 0 Å². The Balaban J connectivity index is 2.15. The molecule has 1 aromatic rings. The van der Waals surface area contributed by atoms with E-state index in [9.17, 15) is 0 Å². The van der Waals surface area contributed by atoms with Gasteiger partial charge in [-0.05, 0) is 37.1 Å². The van der Waals surface area contributed by atoms with Crippen LogP contribution in [0.15, 0.2) is 24.3 Å². The fraction of sp³-hybridized carbons (Fsp3) is 0.455. The van der Waals surface area contributed by atoms with Gasteiger partial charge >= 0.3 is 0 Å². The monoisotopic (exact) mass is 213 g/mol. The van der Waals surface area contributed by atoms with Gasteiger partial charge in [-0.1, -0.05) is 23.7 Å². The molecule has 1 rings (SSSR count). The zero-order valence-corrected chi connectivity index (χ0v) is 8.93. The van der Waals surface area contributed by atoms with Gasteiger partial charge in [0.05, 0.1) is 0 Å². The third-order valence-corrected chi connectivity index (χ3v) is 2.26. The van der Waals surface area contributed by atoms with Gasteiger partial charge in [-0.25, -0.2) is 0 Å². The number of benzene rings is 1. The van der Waals surface area contributed by atoms with Crippen molar-refractivity contribution >= 4 is 11.6 Å². The Labute approximate surface area is 89.9 Å². The minimum absolute atomic E-state index is 0.280. The summed E-state index contributed by atoms with van der Waals surface area (Å²) in [6.07, 6.45) is 1.89. The lowest BCUT2D eigenvalue weighted by atomic mass is 10.2. The highest BCUT2D eigenvalue weighted by Crippen LogP contribution is 2.08. The predicted octanol–water partition coefficient (Wildman–Crippen LogP) is 2.20. The topological polar surface area (TPSA) is 32.3 Å². The molecule has 78 valence electrons. The highest BCUT2D eigenvalue weighted by atomic mass is 35.5. The van der Waals surface area contributed by atoms with Crippen LogP contribution in [-0.4, -0.2) is 18.3 Å². The van der Waals surface area contributed by atoms with Crippen LogP contribution < -0.4 is 5.32 Å². The number of unbranched alkanes of at least 4 members (excludes halogenated alkanes) is 1. The molecule has 0 aliphatic carbocycles. The van der Waals surface area contributed by atoms with Gasteiger partial charge in [0.2, 0.25) is 0 Å². The zero-order chi connectivity index (χ0) is 10.2. The van der Waals surface area contributed by atoms with Gasteiger partial charge in [-0.15, -0.1) is 0 Å². The molecule has 0 aliphatic heterocycles. The minimum Gasteiger partial charge on any atom is -0.396 e. The molecule has 0 saturated carbocycles. The summed E-state index contributed by atoms with van der Waals surface area (Å²) in [6.45, 7) is 2.09. The molecule has 0 amide bonds. The van der Waals surface area contributed by atoms with Crippen LogP contribution >= 0.6 is 11.6 Å². The van der Waals surface area contributed by atoms with Crippen molar-refractivity contribution in [2.45, 2.75) is 19.4 Å². The molecule has 0 atom stereocenters. The van der Waals surface area contributed by atoms with E-state index in [1.807, 2.05) is 24.3 Å². The lowest BCUT2D eigenvalue weighted by Crippen LogP contribution is -2.14. The first kappa shape index (κ1) is 11.5. The molecule has 0 aliphatic rings. The molecule has 0 saturated heterocycles. The molecule has 0 aromatic heterocycles. The first-order chi connectivity index (χ1) is 6.83. The van der Waals surface area contributed by atoms with Crippen molar-refractivity contribution in [2.75, 3.05) is 13.2 Å². The molecule has 2 N–H and O–H groups in total. The minimum atomic E-state index is 0.280. The lowest BCUT2D eigenvalue weighted by molar-refractivity contribution is 0.283. The highest BCUT2D eigenvalue weighted by Gasteiger charge is 1.92. The van der Waals surface area contributed by atoms with Crippen LogP contribution in [0.25, 0.3) is 0 Å². The van der Waals surface area contributed by atoms with E-state index in [1.165, 1.54) is 5.56 Å². The van der Waals surface area contributed by atoms with Crippen molar-refractivity contribution in [1.29, 1.82) is 0 Å². The summed E-state index contributed by atoms with van der Waals surface area (Å²) in [5.74, 6) is 0. The van der Waals surface area contributed by atoms with Crippen LogP contribution in [0.4, 0.5) is 0 Å². The number of hydrogen-bond acceptors (Lipinski definition) is 2. The molecule has 0 fully saturated rings. The largest absolute Gasteiger partial charge is 0.396 e. The quantitative estimate of drug-likeness (QED) is 0.711. The van der Waals surface area contributed by atoms with Crippen LogP contribution in [0.5, 0.6) is 0 Å². The summed E-state index contributed by atoms with van der Waals surface area (Å²) in [6, 6.07) is 7.82. The van der Waals surface area contributed by atoms with E-state index in [-0.39, 0.29) is 6.61 Å². The molecule has 2 nitrogen and oxygen atoms in total. The molecular formula is C11H16ClNO. The number of halogens is 1.